The van der Waals surface area contributed by atoms with Gasteiger partial charge in [0.15, 0.2) is 0 Å². The smallest absolute Gasteiger partial charge is 0.328 e. The average molecular weight is 436 g/mol. The lowest BCUT2D eigenvalue weighted by Gasteiger charge is -2.16. The molecule has 0 aliphatic carbocycles. The molecule has 0 spiro atoms. The van der Waals surface area contributed by atoms with Crippen LogP contribution in [0.15, 0.2) is 54.9 Å². The van der Waals surface area contributed by atoms with Crippen LogP contribution in [0.4, 0.5) is 5.95 Å². The van der Waals surface area contributed by atoms with Gasteiger partial charge in [-0.3, -0.25) is 4.79 Å². The van der Waals surface area contributed by atoms with E-state index in [0.29, 0.717) is 0 Å². The van der Waals surface area contributed by atoms with Crippen LogP contribution in [0.3, 0.4) is 0 Å². The monoisotopic (exact) mass is 436 g/mol. The van der Waals surface area contributed by atoms with E-state index in [-0.39, 0.29) is 31.4 Å². The molecule has 0 saturated carbocycles. The number of anilines is 1. The summed E-state index contributed by atoms with van der Waals surface area (Å²) in [4.78, 5) is 34.9. The summed E-state index contributed by atoms with van der Waals surface area (Å²) in [6, 6.07) is 15.3. The zero-order valence-corrected chi connectivity index (χ0v) is 17.8. The Morgan fingerprint density at radius 2 is 1.88 bits per heavy atom. The van der Waals surface area contributed by atoms with Crippen molar-refractivity contribution in [2.75, 3.05) is 12.4 Å². The molecule has 2 aromatic carbocycles. The molecule has 32 heavy (non-hydrogen) atoms. The molecule has 0 aliphatic rings. The Bertz CT molecular complexity index is 1070. The highest BCUT2D eigenvalue weighted by atomic mass is 16.5. The first-order valence-electron chi connectivity index (χ1n) is 10.00. The Kier molecular flexibility index (Phi) is 7.69. The number of carbonyl (C=O) groups excluding carboxylic acids is 1. The highest BCUT2D eigenvalue weighted by Gasteiger charge is 2.21. The van der Waals surface area contributed by atoms with Gasteiger partial charge in [0.1, 0.15) is 19.0 Å². The third kappa shape index (κ3) is 6.00. The van der Waals surface area contributed by atoms with E-state index in [4.69, 9.17) is 14.6 Å². The number of aliphatic carboxylic acids is 1. The van der Waals surface area contributed by atoms with Gasteiger partial charge in [-0.2, -0.15) is 9.97 Å². The van der Waals surface area contributed by atoms with Crippen LogP contribution < -0.4 is 10.1 Å². The molecule has 0 bridgehead atoms. The summed E-state index contributed by atoms with van der Waals surface area (Å²) in [5, 5.41) is 11.7. The average Bonchev–Trinajstić information content (AvgIpc) is 2.81. The first-order chi connectivity index (χ1) is 15.5. The largest absolute Gasteiger partial charge is 0.481 e. The minimum absolute atomic E-state index is 0.0232. The Morgan fingerprint density at radius 1 is 1.09 bits per heavy atom. The maximum Gasteiger partial charge on any atom is 0.328 e. The van der Waals surface area contributed by atoms with E-state index in [0.717, 1.165) is 22.3 Å². The topological polar surface area (TPSA) is 124 Å². The molecule has 9 heteroatoms. The van der Waals surface area contributed by atoms with Crippen LogP contribution >= 0.6 is 0 Å². The number of ether oxygens (including phenoxy) is 2. The fraction of sp³-hybridized carbons (Fsp3) is 0.261. The van der Waals surface area contributed by atoms with Gasteiger partial charge in [-0.05, 0) is 35.6 Å². The SMILES string of the molecule is COC(=O)[C@@H](CCC(=O)O)Nc1ncnc(OCc2cccc(-c3ccccc3)c2C)n1. The summed E-state index contributed by atoms with van der Waals surface area (Å²) in [5.41, 5.74) is 4.30. The summed E-state index contributed by atoms with van der Waals surface area (Å²) in [5.74, 6) is -1.54. The number of benzene rings is 2. The lowest BCUT2D eigenvalue weighted by Crippen LogP contribution is -2.32. The zero-order chi connectivity index (χ0) is 22.9. The number of carboxylic acids is 1. The normalized spacial score (nSPS) is 11.4. The molecule has 3 aromatic rings. The minimum atomic E-state index is -1.02. The maximum absolute atomic E-state index is 11.9. The van der Waals surface area contributed by atoms with Crippen molar-refractivity contribution in [3.05, 3.63) is 66.0 Å². The number of nitrogens with one attached hydrogen (secondary N) is 1. The van der Waals surface area contributed by atoms with Crippen molar-refractivity contribution >= 4 is 17.9 Å². The van der Waals surface area contributed by atoms with E-state index in [1.165, 1.54) is 13.4 Å². The molecule has 166 valence electrons. The number of aromatic nitrogens is 3. The molecule has 0 saturated heterocycles. The van der Waals surface area contributed by atoms with Gasteiger partial charge in [0.25, 0.3) is 0 Å². The van der Waals surface area contributed by atoms with Crippen molar-refractivity contribution < 1.29 is 24.2 Å². The molecule has 0 unspecified atom stereocenters. The van der Waals surface area contributed by atoms with Crippen LogP contribution in [0.5, 0.6) is 6.01 Å². The third-order valence-corrected chi connectivity index (χ3v) is 4.87. The molecular formula is C23H24N4O5. The van der Waals surface area contributed by atoms with E-state index in [2.05, 4.69) is 38.5 Å². The number of rotatable bonds is 10. The van der Waals surface area contributed by atoms with E-state index in [1.54, 1.807) is 0 Å². The van der Waals surface area contributed by atoms with Crippen molar-refractivity contribution in [3.63, 3.8) is 0 Å². The number of carboxylic acid groups (broad SMARTS) is 1. The van der Waals surface area contributed by atoms with Crippen LogP contribution in [0, 0.1) is 6.92 Å². The van der Waals surface area contributed by atoms with Gasteiger partial charge >= 0.3 is 17.9 Å². The van der Waals surface area contributed by atoms with Gasteiger partial charge < -0.3 is 19.9 Å². The predicted molar refractivity (Wildman–Crippen MR) is 117 cm³/mol. The van der Waals surface area contributed by atoms with Crippen LogP contribution in [-0.2, 0) is 20.9 Å². The number of methoxy groups -OCH3 is 1. The highest BCUT2D eigenvalue weighted by molar-refractivity contribution is 5.79. The van der Waals surface area contributed by atoms with Crippen LogP contribution in [-0.4, -0.2) is 45.1 Å². The van der Waals surface area contributed by atoms with Crippen LogP contribution in [0.2, 0.25) is 0 Å². The maximum atomic E-state index is 11.9. The molecule has 0 radical (unpaired) electrons. The lowest BCUT2D eigenvalue weighted by molar-refractivity contribution is -0.142. The molecule has 0 aliphatic heterocycles. The number of nitrogens with zero attached hydrogens (tertiary/aromatic N) is 3. The van der Waals surface area contributed by atoms with Gasteiger partial charge in [0, 0.05) is 6.42 Å². The van der Waals surface area contributed by atoms with E-state index in [9.17, 15) is 9.59 Å². The summed E-state index contributed by atoms with van der Waals surface area (Å²) in [6.07, 6.45) is 1.07. The molecule has 0 fully saturated rings. The fourth-order valence-corrected chi connectivity index (χ4v) is 3.15. The Balaban J connectivity index is 1.70. The molecule has 1 heterocycles. The standard InChI is InChI=1S/C23H24N4O5/c1-15-17(9-6-10-18(15)16-7-4-3-5-8-16)13-32-23-25-14-24-22(27-23)26-19(21(30)31-2)11-12-20(28)29/h3-10,14,19H,11-13H2,1-2H3,(H,28,29)(H,24,25,26,27)/t19-/m1/s1. The second-order valence-corrected chi connectivity index (χ2v) is 6.99. The number of carbonyl (C=O) groups is 2. The lowest BCUT2D eigenvalue weighted by atomic mass is 9.97. The van der Waals surface area contributed by atoms with E-state index < -0.39 is 18.0 Å². The molecule has 9 nitrogen and oxygen atoms in total. The molecular weight excluding hydrogens is 412 g/mol. The first kappa shape index (κ1) is 22.7. The van der Waals surface area contributed by atoms with Gasteiger partial charge in [0.05, 0.1) is 7.11 Å². The van der Waals surface area contributed by atoms with Gasteiger partial charge in [-0.1, -0.05) is 48.5 Å². The quantitative estimate of drug-likeness (QED) is 0.461. The second kappa shape index (κ2) is 10.9. The Labute approximate surface area is 185 Å². The van der Waals surface area contributed by atoms with Crippen molar-refractivity contribution in [3.8, 4) is 17.1 Å². The minimum Gasteiger partial charge on any atom is -0.481 e. The molecule has 2 N–H and O–H groups in total. The summed E-state index contributed by atoms with van der Waals surface area (Å²) in [7, 11) is 1.23. The summed E-state index contributed by atoms with van der Waals surface area (Å²) in [6.45, 7) is 2.28. The first-order valence-corrected chi connectivity index (χ1v) is 10.00. The highest BCUT2D eigenvalue weighted by Crippen LogP contribution is 2.26. The summed E-state index contributed by atoms with van der Waals surface area (Å²) < 4.78 is 10.5. The third-order valence-electron chi connectivity index (χ3n) is 4.87. The Hall–Kier alpha value is -4.01. The van der Waals surface area contributed by atoms with E-state index in [1.807, 2.05) is 37.3 Å². The fourth-order valence-electron chi connectivity index (χ4n) is 3.15. The number of hydrogen-bond donors (Lipinski definition) is 2. The molecule has 1 atom stereocenters. The number of esters is 1. The van der Waals surface area contributed by atoms with E-state index >= 15 is 0 Å². The van der Waals surface area contributed by atoms with Gasteiger partial charge in [-0.15, -0.1) is 0 Å². The zero-order valence-electron chi connectivity index (χ0n) is 17.8. The molecule has 1 aromatic heterocycles. The van der Waals surface area contributed by atoms with Crippen molar-refractivity contribution in [1.82, 2.24) is 15.0 Å². The van der Waals surface area contributed by atoms with Crippen molar-refractivity contribution in [2.24, 2.45) is 0 Å². The summed E-state index contributed by atoms with van der Waals surface area (Å²) >= 11 is 0. The predicted octanol–water partition coefficient (Wildman–Crippen LogP) is 3.24. The van der Waals surface area contributed by atoms with Crippen LogP contribution in [0.1, 0.15) is 24.0 Å². The molecule has 3 rings (SSSR count). The number of hydrogen-bond acceptors (Lipinski definition) is 8. The molecule has 0 amide bonds. The Morgan fingerprint density at radius 3 is 2.59 bits per heavy atom. The van der Waals surface area contributed by atoms with Crippen LogP contribution in [0.25, 0.3) is 11.1 Å². The van der Waals surface area contributed by atoms with Gasteiger partial charge in [-0.25, -0.2) is 9.78 Å². The van der Waals surface area contributed by atoms with Crippen molar-refractivity contribution in [2.45, 2.75) is 32.4 Å². The van der Waals surface area contributed by atoms with Gasteiger partial charge in [0.2, 0.25) is 5.95 Å². The second-order valence-electron chi connectivity index (χ2n) is 6.99. The van der Waals surface area contributed by atoms with Crippen molar-refractivity contribution in [1.29, 1.82) is 0 Å².